The maximum atomic E-state index is 12.4. The van der Waals surface area contributed by atoms with Gasteiger partial charge < -0.3 is 24.3 Å². The number of para-hydroxylation sites is 2. The topological polar surface area (TPSA) is 68.6 Å². The molecule has 1 amide bonds. The molecular weight excluding hydrogens is 416 g/mol. The summed E-state index contributed by atoms with van der Waals surface area (Å²) in [6.07, 6.45) is 1.03. The van der Waals surface area contributed by atoms with E-state index in [0.717, 1.165) is 54.5 Å². The van der Waals surface area contributed by atoms with E-state index in [2.05, 4.69) is 39.0 Å². The molecule has 0 bridgehead atoms. The molecule has 1 N–H and O–H groups in total. The fourth-order valence-corrected chi connectivity index (χ4v) is 4.18. The number of nitrogens with zero attached hydrogens (tertiary/aromatic N) is 3. The number of hydrogen-bond acceptors (Lipinski definition) is 5. The number of nitrogens with one attached hydrogen (secondary N) is 1. The van der Waals surface area contributed by atoms with Crippen LogP contribution >= 0.6 is 0 Å². The highest BCUT2D eigenvalue weighted by atomic mass is 16.5. The van der Waals surface area contributed by atoms with Crippen molar-refractivity contribution >= 4 is 28.3 Å². The van der Waals surface area contributed by atoms with Gasteiger partial charge in [-0.3, -0.25) is 4.79 Å². The Morgan fingerprint density at radius 1 is 1.00 bits per heavy atom. The van der Waals surface area contributed by atoms with Crippen LogP contribution in [0.25, 0.3) is 11.0 Å². The number of carbonyl (C=O) groups excluding carboxylic acids is 1. The average Bonchev–Trinajstić information content (AvgIpc) is 3.05. The second kappa shape index (κ2) is 9.24. The van der Waals surface area contributed by atoms with Crippen molar-refractivity contribution in [2.75, 3.05) is 30.5 Å². The summed E-state index contributed by atoms with van der Waals surface area (Å²) in [4.78, 5) is 19.6. The van der Waals surface area contributed by atoms with E-state index in [1.807, 2.05) is 24.3 Å². The summed E-state index contributed by atoms with van der Waals surface area (Å²) in [6.45, 7) is 2.54. The van der Waals surface area contributed by atoms with Crippen LogP contribution in [0.4, 0.5) is 11.4 Å². The Morgan fingerprint density at radius 2 is 1.82 bits per heavy atom. The largest absolute Gasteiger partial charge is 0.497 e. The number of fused-ring (bicyclic) bond motifs is 3. The summed E-state index contributed by atoms with van der Waals surface area (Å²) in [5.74, 6) is 2.22. The van der Waals surface area contributed by atoms with Crippen LogP contribution in [0.3, 0.4) is 0 Å². The number of benzene rings is 3. The Morgan fingerprint density at radius 3 is 2.67 bits per heavy atom. The molecule has 0 aliphatic carbocycles. The van der Waals surface area contributed by atoms with E-state index < -0.39 is 0 Å². The molecule has 2 heterocycles. The molecule has 0 atom stereocenters. The monoisotopic (exact) mass is 442 g/mol. The van der Waals surface area contributed by atoms with E-state index in [1.165, 1.54) is 5.52 Å². The summed E-state index contributed by atoms with van der Waals surface area (Å²) in [7, 11) is 1.61. The van der Waals surface area contributed by atoms with Gasteiger partial charge in [-0.2, -0.15) is 0 Å². The van der Waals surface area contributed by atoms with Gasteiger partial charge in [0.15, 0.2) is 6.61 Å². The normalized spacial score (nSPS) is 13.3. The first-order chi connectivity index (χ1) is 16.2. The molecule has 5 rings (SSSR count). The summed E-state index contributed by atoms with van der Waals surface area (Å²) in [6, 6.07) is 23.4. The van der Waals surface area contributed by atoms with Gasteiger partial charge in [-0.15, -0.1) is 0 Å². The number of aromatic nitrogens is 2. The predicted octanol–water partition coefficient (Wildman–Crippen LogP) is 4.47. The predicted molar refractivity (Wildman–Crippen MR) is 129 cm³/mol. The molecule has 3 aromatic carbocycles. The van der Waals surface area contributed by atoms with Crippen LogP contribution in [-0.2, 0) is 17.9 Å². The molecule has 33 heavy (non-hydrogen) atoms. The number of rotatable bonds is 6. The van der Waals surface area contributed by atoms with Crippen molar-refractivity contribution in [3.05, 3.63) is 78.6 Å². The molecule has 0 unspecified atom stereocenters. The maximum Gasteiger partial charge on any atom is 0.262 e. The van der Waals surface area contributed by atoms with E-state index in [-0.39, 0.29) is 12.5 Å². The number of anilines is 2. The quantitative estimate of drug-likeness (QED) is 0.477. The average molecular weight is 443 g/mol. The van der Waals surface area contributed by atoms with Crippen molar-refractivity contribution in [3.8, 4) is 11.5 Å². The number of amides is 1. The lowest BCUT2D eigenvalue weighted by Gasteiger charge is -2.22. The third kappa shape index (κ3) is 4.62. The first kappa shape index (κ1) is 20.9. The van der Waals surface area contributed by atoms with Crippen molar-refractivity contribution in [2.45, 2.75) is 19.5 Å². The minimum atomic E-state index is -0.208. The number of methoxy groups -OCH3 is 1. The highest BCUT2D eigenvalue weighted by molar-refractivity contribution is 5.92. The van der Waals surface area contributed by atoms with Gasteiger partial charge in [0.1, 0.15) is 17.3 Å². The Hall–Kier alpha value is -4.00. The molecule has 1 aliphatic rings. The Labute approximate surface area is 192 Å². The fraction of sp³-hybridized carbons (Fsp3) is 0.231. The Bertz CT molecular complexity index is 1270. The zero-order valence-electron chi connectivity index (χ0n) is 18.5. The molecule has 1 aromatic heterocycles. The molecule has 168 valence electrons. The standard InChI is InChI=1S/C26H26N4O3/c1-32-21-10-12-22(13-11-21)33-18-26(31)27-19-6-4-7-20(16-19)29-14-5-15-30-24-9-3-2-8-23(24)28-25(30)17-29/h2-4,6-13,16H,5,14-15,17-18H2,1H3,(H,27,31). The van der Waals surface area contributed by atoms with Crippen LogP contribution in [0.15, 0.2) is 72.8 Å². The van der Waals surface area contributed by atoms with E-state index in [4.69, 9.17) is 14.5 Å². The van der Waals surface area contributed by atoms with Crippen LogP contribution < -0.4 is 19.7 Å². The molecule has 7 heteroatoms. The Kier molecular flexibility index (Phi) is 5.85. The van der Waals surface area contributed by atoms with E-state index in [1.54, 1.807) is 31.4 Å². The van der Waals surface area contributed by atoms with E-state index in [0.29, 0.717) is 5.75 Å². The van der Waals surface area contributed by atoms with Gasteiger partial charge in [0.2, 0.25) is 0 Å². The molecular formula is C26H26N4O3. The molecule has 0 saturated carbocycles. The molecule has 1 aliphatic heterocycles. The summed E-state index contributed by atoms with van der Waals surface area (Å²) < 4.78 is 13.0. The minimum Gasteiger partial charge on any atom is -0.497 e. The number of carbonyl (C=O) groups is 1. The molecule has 0 spiro atoms. The summed E-state index contributed by atoms with van der Waals surface area (Å²) in [5, 5.41) is 2.93. The van der Waals surface area contributed by atoms with Crippen molar-refractivity contribution < 1.29 is 14.3 Å². The highest BCUT2D eigenvalue weighted by Crippen LogP contribution is 2.26. The fourth-order valence-electron chi connectivity index (χ4n) is 4.18. The van der Waals surface area contributed by atoms with Crippen molar-refractivity contribution in [2.24, 2.45) is 0 Å². The number of ether oxygens (including phenoxy) is 2. The first-order valence-corrected chi connectivity index (χ1v) is 11.1. The third-order valence-electron chi connectivity index (χ3n) is 5.80. The van der Waals surface area contributed by atoms with Gasteiger partial charge >= 0.3 is 0 Å². The first-order valence-electron chi connectivity index (χ1n) is 11.1. The van der Waals surface area contributed by atoms with E-state index in [9.17, 15) is 4.79 Å². The third-order valence-corrected chi connectivity index (χ3v) is 5.80. The molecule has 0 saturated heterocycles. The van der Waals surface area contributed by atoms with Gasteiger partial charge in [-0.05, 0) is 61.0 Å². The second-order valence-corrected chi connectivity index (χ2v) is 8.01. The van der Waals surface area contributed by atoms with Crippen molar-refractivity contribution in [1.29, 1.82) is 0 Å². The molecule has 0 fully saturated rings. The second-order valence-electron chi connectivity index (χ2n) is 8.01. The van der Waals surface area contributed by atoms with E-state index >= 15 is 0 Å². The van der Waals surface area contributed by atoms with Gasteiger partial charge in [0, 0.05) is 24.5 Å². The maximum absolute atomic E-state index is 12.4. The lowest BCUT2D eigenvalue weighted by Crippen LogP contribution is -2.23. The SMILES string of the molecule is COc1ccc(OCC(=O)Nc2cccc(N3CCCn4c(nc5ccccc54)C3)c2)cc1. The van der Waals surface area contributed by atoms with Crippen LogP contribution in [0.5, 0.6) is 11.5 Å². The lowest BCUT2D eigenvalue weighted by molar-refractivity contribution is -0.118. The number of imidazole rings is 1. The van der Waals surface area contributed by atoms with Gasteiger partial charge in [0.25, 0.3) is 5.91 Å². The van der Waals surface area contributed by atoms with Crippen LogP contribution in [-0.4, -0.2) is 35.7 Å². The number of hydrogen-bond donors (Lipinski definition) is 1. The molecule has 7 nitrogen and oxygen atoms in total. The van der Waals surface area contributed by atoms with Crippen LogP contribution in [0.1, 0.15) is 12.2 Å². The zero-order chi connectivity index (χ0) is 22.6. The van der Waals surface area contributed by atoms with Gasteiger partial charge in [0.05, 0.1) is 24.7 Å². The summed E-state index contributed by atoms with van der Waals surface area (Å²) in [5.41, 5.74) is 4.03. The summed E-state index contributed by atoms with van der Waals surface area (Å²) >= 11 is 0. The molecule has 4 aromatic rings. The Balaban J connectivity index is 1.25. The lowest BCUT2D eigenvalue weighted by atomic mass is 10.2. The smallest absolute Gasteiger partial charge is 0.262 e. The highest BCUT2D eigenvalue weighted by Gasteiger charge is 2.19. The van der Waals surface area contributed by atoms with Crippen molar-refractivity contribution in [1.82, 2.24) is 9.55 Å². The van der Waals surface area contributed by atoms with Crippen molar-refractivity contribution in [3.63, 3.8) is 0 Å². The molecule has 0 radical (unpaired) electrons. The van der Waals surface area contributed by atoms with Crippen LogP contribution in [0, 0.1) is 0 Å². The van der Waals surface area contributed by atoms with Gasteiger partial charge in [-0.25, -0.2) is 4.98 Å². The minimum absolute atomic E-state index is 0.0652. The zero-order valence-corrected chi connectivity index (χ0v) is 18.5. The number of aryl methyl sites for hydroxylation is 1. The van der Waals surface area contributed by atoms with Crippen LogP contribution in [0.2, 0.25) is 0 Å². The van der Waals surface area contributed by atoms with Gasteiger partial charge in [-0.1, -0.05) is 18.2 Å².